The average molecular weight is 204 g/mol. The fraction of sp³-hybridized carbons (Fsp3) is 0.385. The molecule has 80 valence electrons. The maximum absolute atomic E-state index is 9.70. The van der Waals surface area contributed by atoms with Crippen LogP contribution in [-0.4, -0.2) is 18.3 Å². The molecule has 0 aliphatic rings. The maximum Gasteiger partial charge on any atom is 0.122 e. The van der Waals surface area contributed by atoms with Crippen LogP contribution in [-0.2, 0) is 6.42 Å². The van der Waals surface area contributed by atoms with E-state index in [1.807, 2.05) is 24.3 Å². The minimum absolute atomic E-state index is 0.391. The Kier molecular flexibility index (Phi) is 4.73. The Bertz CT molecular complexity index is 339. The highest BCUT2D eigenvalue weighted by molar-refractivity contribution is 5.33. The Morgan fingerprint density at radius 1 is 1.47 bits per heavy atom. The van der Waals surface area contributed by atoms with Gasteiger partial charge in [-0.3, -0.25) is 0 Å². The Morgan fingerprint density at radius 3 is 2.87 bits per heavy atom. The number of rotatable bonds is 5. The van der Waals surface area contributed by atoms with Gasteiger partial charge in [0.05, 0.1) is 13.2 Å². The van der Waals surface area contributed by atoms with E-state index in [4.69, 9.17) is 11.2 Å². The molecule has 0 radical (unpaired) electrons. The molecular weight excluding hydrogens is 188 g/mol. The molecular formula is C13H16O2. The van der Waals surface area contributed by atoms with E-state index < -0.39 is 6.10 Å². The number of aliphatic hydroxyl groups is 1. The summed E-state index contributed by atoms with van der Waals surface area (Å²) in [5.41, 5.74) is 1.02. The maximum atomic E-state index is 9.70. The van der Waals surface area contributed by atoms with E-state index in [0.29, 0.717) is 19.3 Å². The lowest BCUT2D eigenvalue weighted by Crippen LogP contribution is -2.10. The Labute approximate surface area is 90.9 Å². The minimum Gasteiger partial charge on any atom is -0.496 e. The first-order chi connectivity index (χ1) is 7.27. The second-order valence-corrected chi connectivity index (χ2v) is 3.41. The molecule has 1 aromatic carbocycles. The molecule has 0 bridgehead atoms. The Morgan fingerprint density at radius 2 is 2.20 bits per heavy atom. The smallest absolute Gasteiger partial charge is 0.122 e. The highest BCUT2D eigenvalue weighted by atomic mass is 16.5. The van der Waals surface area contributed by atoms with E-state index >= 15 is 0 Å². The first-order valence-corrected chi connectivity index (χ1v) is 5.01. The van der Waals surface area contributed by atoms with Crippen LogP contribution in [0.15, 0.2) is 24.3 Å². The van der Waals surface area contributed by atoms with E-state index in [-0.39, 0.29) is 0 Å². The summed E-state index contributed by atoms with van der Waals surface area (Å²) in [5, 5.41) is 9.70. The number of para-hydroxylation sites is 1. The molecule has 0 heterocycles. The largest absolute Gasteiger partial charge is 0.496 e. The molecule has 0 spiro atoms. The van der Waals surface area contributed by atoms with Gasteiger partial charge in [-0.15, -0.1) is 12.3 Å². The monoisotopic (exact) mass is 204 g/mol. The van der Waals surface area contributed by atoms with Gasteiger partial charge in [-0.1, -0.05) is 18.2 Å². The summed E-state index contributed by atoms with van der Waals surface area (Å²) in [7, 11) is 1.63. The summed E-state index contributed by atoms with van der Waals surface area (Å²) >= 11 is 0. The van der Waals surface area contributed by atoms with Crippen LogP contribution in [0.4, 0.5) is 0 Å². The van der Waals surface area contributed by atoms with Crippen LogP contribution in [0.1, 0.15) is 18.4 Å². The summed E-state index contributed by atoms with van der Waals surface area (Å²) < 4.78 is 5.20. The molecule has 0 fully saturated rings. The molecule has 0 amide bonds. The molecule has 0 aromatic heterocycles. The van der Waals surface area contributed by atoms with Crippen LogP contribution in [0.3, 0.4) is 0 Å². The zero-order chi connectivity index (χ0) is 11.1. The topological polar surface area (TPSA) is 29.5 Å². The molecule has 1 unspecified atom stereocenters. The van der Waals surface area contributed by atoms with Gasteiger partial charge in [0.25, 0.3) is 0 Å². The average Bonchev–Trinajstić information content (AvgIpc) is 2.27. The summed E-state index contributed by atoms with van der Waals surface area (Å²) in [5.74, 6) is 3.34. The lowest BCUT2D eigenvalue weighted by molar-refractivity contribution is 0.165. The van der Waals surface area contributed by atoms with Gasteiger partial charge in [-0.25, -0.2) is 0 Å². The van der Waals surface area contributed by atoms with Gasteiger partial charge in [0.2, 0.25) is 0 Å². The number of aliphatic hydroxyl groups excluding tert-OH is 1. The van der Waals surface area contributed by atoms with Crippen LogP contribution in [0.2, 0.25) is 0 Å². The predicted molar refractivity (Wildman–Crippen MR) is 60.8 cm³/mol. The molecule has 15 heavy (non-hydrogen) atoms. The van der Waals surface area contributed by atoms with Gasteiger partial charge >= 0.3 is 0 Å². The number of hydrogen-bond donors (Lipinski definition) is 1. The van der Waals surface area contributed by atoms with Gasteiger partial charge in [0.1, 0.15) is 5.75 Å². The number of methoxy groups -OCH3 is 1. The predicted octanol–water partition coefficient (Wildman–Crippen LogP) is 2.01. The number of benzene rings is 1. The first-order valence-electron chi connectivity index (χ1n) is 5.01. The summed E-state index contributed by atoms with van der Waals surface area (Å²) in [4.78, 5) is 0. The fourth-order valence-electron chi connectivity index (χ4n) is 1.48. The second-order valence-electron chi connectivity index (χ2n) is 3.41. The lowest BCUT2D eigenvalue weighted by Gasteiger charge is -2.12. The zero-order valence-electron chi connectivity index (χ0n) is 8.94. The molecule has 1 N–H and O–H groups in total. The van der Waals surface area contributed by atoms with E-state index in [0.717, 1.165) is 11.3 Å². The normalized spacial score (nSPS) is 11.8. The summed E-state index contributed by atoms with van der Waals surface area (Å²) in [6.45, 7) is 0. The number of terminal acetylenes is 1. The second kappa shape index (κ2) is 6.10. The van der Waals surface area contributed by atoms with E-state index in [1.165, 1.54) is 0 Å². The van der Waals surface area contributed by atoms with Crippen molar-refractivity contribution in [2.75, 3.05) is 7.11 Å². The zero-order valence-corrected chi connectivity index (χ0v) is 8.94. The van der Waals surface area contributed by atoms with Crippen LogP contribution in [0, 0.1) is 12.3 Å². The third kappa shape index (κ3) is 3.65. The molecule has 0 aliphatic heterocycles. The molecule has 0 saturated carbocycles. The van der Waals surface area contributed by atoms with Crippen molar-refractivity contribution in [3.05, 3.63) is 29.8 Å². The molecule has 1 rings (SSSR count). The quantitative estimate of drug-likeness (QED) is 0.743. The number of hydrogen-bond acceptors (Lipinski definition) is 2. The van der Waals surface area contributed by atoms with Gasteiger partial charge in [-0.05, 0) is 18.1 Å². The van der Waals surface area contributed by atoms with Gasteiger partial charge < -0.3 is 9.84 Å². The standard InChI is InChI=1S/C13H16O2/c1-3-4-8-12(14)10-11-7-5-6-9-13(11)15-2/h1,5-7,9,12,14H,4,8,10H2,2H3. The third-order valence-electron chi connectivity index (χ3n) is 2.27. The van der Waals surface area contributed by atoms with Crippen molar-refractivity contribution >= 4 is 0 Å². The Balaban J connectivity index is 2.59. The van der Waals surface area contributed by atoms with Crippen LogP contribution < -0.4 is 4.74 Å². The summed E-state index contributed by atoms with van der Waals surface area (Å²) in [6.07, 6.45) is 6.58. The first kappa shape index (κ1) is 11.6. The van der Waals surface area contributed by atoms with Crippen LogP contribution in [0.5, 0.6) is 5.75 Å². The fourth-order valence-corrected chi connectivity index (χ4v) is 1.48. The van der Waals surface area contributed by atoms with Crippen LogP contribution in [0.25, 0.3) is 0 Å². The third-order valence-corrected chi connectivity index (χ3v) is 2.27. The Hall–Kier alpha value is -1.46. The molecule has 0 aliphatic carbocycles. The van der Waals surface area contributed by atoms with Crippen molar-refractivity contribution in [2.45, 2.75) is 25.4 Å². The molecule has 2 nitrogen and oxygen atoms in total. The van der Waals surface area contributed by atoms with E-state index in [2.05, 4.69) is 5.92 Å². The summed E-state index contributed by atoms with van der Waals surface area (Å²) in [6, 6.07) is 7.70. The number of ether oxygens (including phenoxy) is 1. The van der Waals surface area contributed by atoms with Gasteiger partial charge in [-0.2, -0.15) is 0 Å². The lowest BCUT2D eigenvalue weighted by atomic mass is 10.0. The molecule has 0 saturated heterocycles. The molecule has 1 aromatic rings. The van der Waals surface area contributed by atoms with Crippen molar-refractivity contribution in [3.8, 4) is 18.1 Å². The highest BCUT2D eigenvalue weighted by Crippen LogP contribution is 2.19. The SMILES string of the molecule is C#CCCC(O)Cc1ccccc1OC. The van der Waals surface area contributed by atoms with E-state index in [1.54, 1.807) is 7.11 Å². The van der Waals surface area contributed by atoms with Crippen molar-refractivity contribution in [1.29, 1.82) is 0 Å². The van der Waals surface area contributed by atoms with Gasteiger partial charge in [0.15, 0.2) is 0 Å². The van der Waals surface area contributed by atoms with Crippen molar-refractivity contribution < 1.29 is 9.84 Å². The highest BCUT2D eigenvalue weighted by Gasteiger charge is 2.08. The minimum atomic E-state index is -0.391. The van der Waals surface area contributed by atoms with Gasteiger partial charge in [0, 0.05) is 12.8 Å². The van der Waals surface area contributed by atoms with Crippen molar-refractivity contribution in [1.82, 2.24) is 0 Å². The molecule has 1 atom stereocenters. The van der Waals surface area contributed by atoms with Crippen LogP contribution >= 0.6 is 0 Å². The van der Waals surface area contributed by atoms with Crippen molar-refractivity contribution in [2.24, 2.45) is 0 Å². The molecule has 2 heteroatoms. The van der Waals surface area contributed by atoms with E-state index in [9.17, 15) is 5.11 Å². The van der Waals surface area contributed by atoms with Crippen molar-refractivity contribution in [3.63, 3.8) is 0 Å².